The first-order valence-electron chi connectivity index (χ1n) is 25.9. The average Bonchev–Trinajstić information content (AvgIpc) is 3.68. The first-order valence-corrected chi connectivity index (χ1v) is 25.9. The SMILES string of the molecule is CC(C)CCC[C@@H](C)[C@@H]1CC[C@@H]2[C@H]3CC[C@H]4C[C@@H](N[C@H]5CC[C@]6(C)[C@@H](CC[C@@H]7[C@H]6CC[C@]6(C)[C@H]7CC[C@H]6[C@@H](C)CCCC(C)C)C5)CC[C@]4(C)[C@@H]3CC[C@@]21C. The molecule has 0 unspecified atom stereocenters. The van der Waals surface area contributed by atoms with E-state index in [-0.39, 0.29) is 0 Å². The minimum atomic E-state index is 0.619. The number of fused-ring (bicyclic) bond motifs is 10. The lowest BCUT2D eigenvalue weighted by Crippen LogP contribution is -2.57. The Labute approximate surface area is 344 Å². The van der Waals surface area contributed by atoms with Crippen molar-refractivity contribution in [3.05, 3.63) is 0 Å². The zero-order chi connectivity index (χ0) is 38.9. The third kappa shape index (κ3) is 7.44. The molecule has 0 bridgehead atoms. The maximum Gasteiger partial charge on any atom is 0.00727 e. The molecule has 0 radical (unpaired) electrons. The summed E-state index contributed by atoms with van der Waals surface area (Å²) in [5.41, 5.74) is 2.51. The van der Waals surface area contributed by atoms with E-state index >= 15 is 0 Å². The van der Waals surface area contributed by atoms with Crippen molar-refractivity contribution < 1.29 is 0 Å². The second kappa shape index (κ2) is 16.1. The molecule has 1 N–H and O–H groups in total. The van der Waals surface area contributed by atoms with Gasteiger partial charge >= 0.3 is 0 Å². The highest BCUT2D eigenvalue weighted by Gasteiger charge is 2.62. The Morgan fingerprint density at radius 1 is 0.418 bits per heavy atom. The van der Waals surface area contributed by atoms with Crippen molar-refractivity contribution in [2.75, 3.05) is 0 Å². The molecule has 8 saturated carbocycles. The summed E-state index contributed by atoms with van der Waals surface area (Å²) in [6, 6.07) is 1.59. The largest absolute Gasteiger partial charge is 0.311 e. The maximum atomic E-state index is 4.47. The second-order valence-corrected chi connectivity index (χ2v) is 25.5. The van der Waals surface area contributed by atoms with Crippen molar-refractivity contribution in [2.24, 2.45) is 105 Å². The van der Waals surface area contributed by atoms with Crippen molar-refractivity contribution in [3.63, 3.8) is 0 Å². The lowest BCUT2D eigenvalue weighted by molar-refractivity contribution is -0.124. The van der Waals surface area contributed by atoms with Crippen LogP contribution in [0.2, 0.25) is 0 Å². The van der Waals surface area contributed by atoms with Crippen LogP contribution in [-0.2, 0) is 0 Å². The molecule has 0 aromatic carbocycles. The van der Waals surface area contributed by atoms with Crippen molar-refractivity contribution in [3.8, 4) is 0 Å². The third-order valence-electron chi connectivity index (χ3n) is 22.2. The smallest absolute Gasteiger partial charge is 0.00727 e. The maximum absolute atomic E-state index is 4.47. The summed E-state index contributed by atoms with van der Waals surface area (Å²) in [7, 11) is 0. The van der Waals surface area contributed by atoms with E-state index in [4.69, 9.17) is 0 Å². The molecule has 0 aromatic rings. The minimum Gasteiger partial charge on any atom is -0.311 e. The molecule has 8 aliphatic rings. The highest BCUT2D eigenvalue weighted by Crippen LogP contribution is 2.70. The van der Waals surface area contributed by atoms with Crippen LogP contribution in [0.4, 0.5) is 0 Å². The predicted octanol–water partition coefficient (Wildman–Crippen LogP) is 15.6. The number of nitrogens with one attached hydrogen (secondary N) is 1. The molecular weight excluding hydrogens is 663 g/mol. The molecule has 1 heteroatoms. The molecule has 316 valence electrons. The molecule has 0 aliphatic heterocycles. The summed E-state index contributed by atoms with van der Waals surface area (Å²) in [5.74, 6) is 13.7. The summed E-state index contributed by atoms with van der Waals surface area (Å²) in [6.45, 7) is 26.2. The predicted molar refractivity (Wildman–Crippen MR) is 237 cm³/mol. The molecule has 8 aliphatic carbocycles. The Kier molecular flexibility index (Phi) is 12.2. The van der Waals surface area contributed by atoms with Crippen LogP contribution < -0.4 is 5.32 Å². The van der Waals surface area contributed by atoms with Gasteiger partial charge in [-0.05, 0) is 220 Å². The molecular formula is C54H95N. The van der Waals surface area contributed by atoms with E-state index < -0.39 is 0 Å². The highest BCUT2D eigenvalue weighted by molar-refractivity contribution is 5.12. The molecule has 0 heterocycles. The Morgan fingerprint density at radius 2 is 0.800 bits per heavy atom. The lowest BCUT2D eigenvalue weighted by atomic mass is 9.44. The van der Waals surface area contributed by atoms with Crippen LogP contribution in [-0.4, -0.2) is 12.1 Å². The molecule has 0 amide bonds. The average molecular weight is 758 g/mol. The number of hydrogen-bond acceptors (Lipinski definition) is 1. The topological polar surface area (TPSA) is 12.0 Å². The molecule has 8 fully saturated rings. The van der Waals surface area contributed by atoms with E-state index in [1.165, 1.54) is 77.0 Å². The van der Waals surface area contributed by atoms with Crippen LogP contribution in [0.15, 0.2) is 0 Å². The van der Waals surface area contributed by atoms with Crippen LogP contribution in [0.25, 0.3) is 0 Å². The van der Waals surface area contributed by atoms with Gasteiger partial charge in [0.25, 0.3) is 0 Å². The Morgan fingerprint density at radius 3 is 1.20 bits per heavy atom. The zero-order valence-electron chi connectivity index (χ0n) is 38.7. The first kappa shape index (κ1) is 41.7. The fraction of sp³-hybridized carbons (Fsp3) is 1.00. The van der Waals surface area contributed by atoms with Gasteiger partial charge in [-0.15, -0.1) is 0 Å². The van der Waals surface area contributed by atoms with Gasteiger partial charge in [-0.3, -0.25) is 0 Å². The van der Waals surface area contributed by atoms with Gasteiger partial charge in [-0.2, -0.15) is 0 Å². The van der Waals surface area contributed by atoms with Gasteiger partial charge in [0, 0.05) is 12.1 Å². The van der Waals surface area contributed by atoms with Gasteiger partial charge in [0.1, 0.15) is 0 Å². The summed E-state index contributed by atoms with van der Waals surface area (Å²) < 4.78 is 0. The van der Waals surface area contributed by atoms with Gasteiger partial charge in [0.15, 0.2) is 0 Å². The number of hydrogen-bond donors (Lipinski definition) is 1. The summed E-state index contributed by atoms with van der Waals surface area (Å²) in [4.78, 5) is 0. The first-order chi connectivity index (χ1) is 26.2. The Bertz CT molecular complexity index is 1190. The second-order valence-electron chi connectivity index (χ2n) is 25.5. The summed E-state index contributed by atoms with van der Waals surface area (Å²) in [6.07, 6.45) is 36.3. The van der Waals surface area contributed by atoms with E-state index in [2.05, 4.69) is 74.6 Å². The fourth-order valence-electron chi connectivity index (χ4n) is 19.2. The van der Waals surface area contributed by atoms with Crippen molar-refractivity contribution >= 4 is 0 Å². The number of rotatable bonds is 12. The quantitative estimate of drug-likeness (QED) is 0.209. The third-order valence-corrected chi connectivity index (χ3v) is 22.2. The minimum absolute atomic E-state index is 0.619. The monoisotopic (exact) mass is 758 g/mol. The standard InChI is InChI=1S/C54H95N/c1-35(2)13-11-15-37(5)45-21-23-47-43-19-17-39-33-41(25-29-51(39,7)49(43)27-31-53(45,47)9)55-42-26-30-52(8)40(34-42)18-20-44-48-24-22-46(38(6)16-12-14-36(3)4)54(48,10)32-28-50(44)52/h35-50,55H,11-34H2,1-10H3/t37-,38+,39-,40-,41-,42-,43-,44+,45-,46-,47-,48+,49+,50+,51+,52-,53-,54+/m0/s1. The molecule has 18 atom stereocenters. The van der Waals surface area contributed by atoms with Gasteiger partial charge < -0.3 is 5.32 Å². The van der Waals surface area contributed by atoms with Crippen LogP contribution in [0, 0.1) is 105 Å². The van der Waals surface area contributed by atoms with Crippen LogP contribution in [0.3, 0.4) is 0 Å². The van der Waals surface area contributed by atoms with Gasteiger partial charge in [-0.25, -0.2) is 0 Å². The molecule has 55 heavy (non-hydrogen) atoms. The van der Waals surface area contributed by atoms with Gasteiger partial charge in [0.05, 0.1) is 0 Å². The van der Waals surface area contributed by atoms with Crippen LogP contribution in [0.1, 0.15) is 223 Å². The van der Waals surface area contributed by atoms with Crippen molar-refractivity contribution in [1.82, 2.24) is 5.32 Å². The molecule has 8 rings (SSSR count). The Hall–Kier alpha value is -0.0400. The van der Waals surface area contributed by atoms with E-state index in [0.717, 1.165) is 94.9 Å². The summed E-state index contributed by atoms with van der Waals surface area (Å²) >= 11 is 0. The van der Waals surface area contributed by atoms with E-state index in [1.807, 2.05) is 0 Å². The van der Waals surface area contributed by atoms with Gasteiger partial charge in [0.2, 0.25) is 0 Å². The Balaban J connectivity index is 0.840. The molecule has 0 saturated heterocycles. The highest BCUT2D eigenvalue weighted by atomic mass is 15.0. The van der Waals surface area contributed by atoms with Crippen molar-refractivity contribution in [2.45, 2.75) is 235 Å². The van der Waals surface area contributed by atoms with E-state index in [1.54, 1.807) is 77.0 Å². The van der Waals surface area contributed by atoms with Crippen LogP contribution >= 0.6 is 0 Å². The van der Waals surface area contributed by atoms with E-state index in [0.29, 0.717) is 21.7 Å². The molecule has 1 nitrogen and oxygen atoms in total. The van der Waals surface area contributed by atoms with Crippen LogP contribution in [0.5, 0.6) is 0 Å². The van der Waals surface area contributed by atoms with E-state index in [9.17, 15) is 0 Å². The fourth-order valence-corrected chi connectivity index (χ4v) is 19.2. The lowest BCUT2D eigenvalue weighted by Gasteiger charge is -2.62. The normalized spacial score (nSPS) is 50.4. The summed E-state index contributed by atoms with van der Waals surface area (Å²) in [5, 5.41) is 4.47. The zero-order valence-corrected chi connectivity index (χ0v) is 38.7. The molecule has 0 spiro atoms. The molecule has 0 aromatic heterocycles. The van der Waals surface area contributed by atoms with Crippen molar-refractivity contribution in [1.29, 1.82) is 0 Å². The van der Waals surface area contributed by atoms with Gasteiger partial charge in [-0.1, -0.05) is 108 Å².